The van der Waals surface area contributed by atoms with Gasteiger partial charge in [-0.1, -0.05) is 92.0 Å². The van der Waals surface area contributed by atoms with Gasteiger partial charge in [0.05, 0.1) is 11.3 Å². The first-order chi connectivity index (χ1) is 15.6. The molecule has 0 atom stereocenters. The van der Waals surface area contributed by atoms with Gasteiger partial charge in [-0.3, -0.25) is 9.36 Å². The van der Waals surface area contributed by atoms with Crippen molar-refractivity contribution in [2.75, 3.05) is 0 Å². The second-order valence-corrected chi connectivity index (χ2v) is 10.5. The number of aryl methyl sites for hydroxylation is 1. The quantitative estimate of drug-likeness (QED) is 0.325. The van der Waals surface area contributed by atoms with Gasteiger partial charge in [-0.2, -0.15) is 0 Å². The highest BCUT2D eigenvalue weighted by Gasteiger charge is 2.43. The van der Waals surface area contributed by atoms with Crippen LogP contribution < -0.4 is 5.56 Å². The summed E-state index contributed by atoms with van der Waals surface area (Å²) in [4.78, 5) is 19.3. The summed E-state index contributed by atoms with van der Waals surface area (Å²) in [5.74, 6) is 0.823. The molecule has 1 heterocycles. The summed E-state index contributed by atoms with van der Waals surface area (Å²) < 4.78 is 1.98. The molecule has 0 bridgehead atoms. The van der Waals surface area contributed by atoms with Gasteiger partial charge >= 0.3 is 0 Å². The number of fused-ring (bicyclic) bond motifs is 4. The van der Waals surface area contributed by atoms with Crippen LogP contribution in [0.2, 0.25) is 0 Å². The average Bonchev–Trinajstić information content (AvgIpc) is 2.80. The lowest BCUT2D eigenvalue weighted by atomic mass is 9.62. The van der Waals surface area contributed by atoms with Gasteiger partial charge in [0.2, 0.25) is 0 Å². The highest BCUT2D eigenvalue weighted by Crippen LogP contribution is 2.48. The maximum absolute atomic E-state index is 14.1. The molecule has 0 aliphatic heterocycles. The molecule has 1 aromatic heterocycles. The molecule has 32 heavy (non-hydrogen) atoms. The smallest absolute Gasteiger partial charge is 0.258 e. The van der Waals surface area contributed by atoms with Crippen molar-refractivity contribution in [2.24, 2.45) is 0 Å². The molecule has 0 radical (unpaired) electrons. The maximum atomic E-state index is 14.1. The molecule has 1 spiro atoms. The Bertz CT molecular complexity index is 1190. The third-order valence-corrected chi connectivity index (χ3v) is 8.22. The van der Waals surface area contributed by atoms with Gasteiger partial charge in [-0.05, 0) is 43.7 Å². The second-order valence-electron chi connectivity index (χ2n) is 9.53. The van der Waals surface area contributed by atoms with Crippen molar-refractivity contribution in [3.8, 4) is 11.3 Å². The van der Waals surface area contributed by atoms with Crippen molar-refractivity contribution in [3.63, 3.8) is 0 Å². The van der Waals surface area contributed by atoms with Crippen LogP contribution in [0.5, 0.6) is 0 Å². The fourth-order valence-electron chi connectivity index (χ4n) is 5.70. The predicted molar refractivity (Wildman–Crippen MR) is 133 cm³/mol. The van der Waals surface area contributed by atoms with Gasteiger partial charge in [-0.25, -0.2) is 4.98 Å². The van der Waals surface area contributed by atoms with Crippen LogP contribution in [0.4, 0.5) is 0 Å². The minimum atomic E-state index is -0.0404. The first-order valence-electron chi connectivity index (χ1n) is 12.0. The van der Waals surface area contributed by atoms with Crippen LogP contribution in [0.3, 0.4) is 0 Å². The Morgan fingerprint density at radius 2 is 1.88 bits per heavy atom. The first kappa shape index (κ1) is 21.5. The molecule has 5 rings (SSSR count). The minimum absolute atomic E-state index is 0.0404. The van der Waals surface area contributed by atoms with E-state index in [9.17, 15) is 4.79 Å². The molecule has 1 fully saturated rings. The molecule has 166 valence electrons. The molecule has 1 saturated carbocycles. The number of nitrogens with zero attached hydrogens (tertiary/aromatic N) is 2. The van der Waals surface area contributed by atoms with Crippen LogP contribution in [-0.2, 0) is 24.1 Å². The van der Waals surface area contributed by atoms with Crippen molar-refractivity contribution in [1.82, 2.24) is 9.55 Å². The maximum Gasteiger partial charge on any atom is 0.258 e. The van der Waals surface area contributed by atoms with Crippen LogP contribution in [0.1, 0.15) is 67.7 Å². The summed E-state index contributed by atoms with van der Waals surface area (Å²) in [6.45, 7) is 5.00. The number of rotatable bonds is 5. The lowest BCUT2D eigenvalue weighted by molar-refractivity contribution is 0.282. The van der Waals surface area contributed by atoms with Gasteiger partial charge < -0.3 is 0 Å². The second kappa shape index (κ2) is 8.90. The lowest BCUT2D eigenvalue weighted by Crippen LogP contribution is -2.43. The molecule has 2 aliphatic rings. The van der Waals surface area contributed by atoms with E-state index in [2.05, 4.69) is 62.4 Å². The van der Waals surface area contributed by atoms with E-state index in [1.165, 1.54) is 36.0 Å². The van der Waals surface area contributed by atoms with Crippen LogP contribution in [0.15, 0.2) is 58.5 Å². The fourth-order valence-corrected chi connectivity index (χ4v) is 6.66. The minimum Gasteiger partial charge on any atom is -0.287 e. The first-order valence-corrected chi connectivity index (χ1v) is 13.0. The third-order valence-electron chi connectivity index (χ3n) is 7.17. The summed E-state index contributed by atoms with van der Waals surface area (Å²) in [7, 11) is 0. The zero-order valence-corrected chi connectivity index (χ0v) is 20.0. The standard InChI is InChI=1S/C28H32N2OS/c1-3-16-30-26(31)24-25(29-27(30)32-19-21-11-9-10-20(2)17-21)23-13-6-5-12-22(23)18-28(24)14-7-4-8-15-28/h5-6,9-13,17H,3-4,7-8,14-16,18-19H2,1-2H3. The molecule has 0 N–H and O–H groups in total. The van der Waals surface area contributed by atoms with Crippen LogP contribution in [0.25, 0.3) is 11.3 Å². The molecular formula is C28H32N2OS. The van der Waals surface area contributed by atoms with E-state index in [4.69, 9.17) is 4.98 Å². The summed E-state index contributed by atoms with van der Waals surface area (Å²) in [5, 5.41) is 0.861. The van der Waals surface area contributed by atoms with Crippen molar-refractivity contribution < 1.29 is 0 Å². The van der Waals surface area contributed by atoms with Crippen molar-refractivity contribution in [1.29, 1.82) is 0 Å². The molecule has 0 amide bonds. The number of aromatic nitrogens is 2. The Balaban J connectivity index is 1.65. The molecule has 3 nitrogen and oxygen atoms in total. The van der Waals surface area contributed by atoms with Crippen LogP contribution in [-0.4, -0.2) is 9.55 Å². The Kier molecular flexibility index (Phi) is 5.98. The Morgan fingerprint density at radius 1 is 1.06 bits per heavy atom. The van der Waals surface area contributed by atoms with Crippen LogP contribution in [0, 0.1) is 6.92 Å². The SMILES string of the molecule is CCCn1c(SCc2cccc(C)c2)nc2c(c1=O)C1(CCCCC1)Cc1ccccc1-2. The zero-order chi connectivity index (χ0) is 22.1. The Labute approximate surface area is 195 Å². The summed E-state index contributed by atoms with van der Waals surface area (Å²) in [5.41, 5.74) is 7.19. The van der Waals surface area contributed by atoms with E-state index in [0.717, 1.165) is 60.0 Å². The van der Waals surface area contributed by atoms with Gasteiger partial charge in [0.15, 0.2) is 5.16 Å². The zero-order valence-electron chi connectivity index (χ0n) is 19.2. The summed E-state index contributed by atoms with van der Waals surface area (Å²) in [6, 6.07) is 17.2. The molecule has 2 aliphatic carbocycles. The molecule has 0 saturated heterocycles. The van der Waals surface area contributed by atoms with E-state index in [1.807, 2.05) is 4.57 Å². The van der Waals surface area contributed by atoms with Crippen molar-refractivity contribution in [3.05, 3.63) is 81.1 Å². The van der Waals surface area contributed by atoms with E-state index < -0.39 is 0 Å². The predicted octanol–water partition coefficient (Wildman–Crippen LogP) is 6.68. The number of thioether (sulfide) groups is 1. The largest absolute Gasteiger partial charge is 0.287 e. The van der Waals surface area contributed by atoms with E-state index in [-0.39, 0.29) is 11.0 Å². The highest BCUT2D eigenvalue weighted by molar-refractivity contribution is 7.98. The van der Waals surface area contributed by atoms with Gasteiger partial charge in [0, 0.05) is 23.3 Å². The third kappa shape index (κ3) is 3.83. The van der Waals surface area contributed by atoms with E-state index >= 15 is 0 Å². The normalized spacial score (nSPS) is 16.6. The van der Waals surface area contributed by atoms with Gasteiger partial charge in [0.25, 0.3) is 5.56 Å². The fraction of sp³-hybridized carbons (Fsp3) is 0.429. The van der Waals surface area contributed by atoms with E-state index in [0.29, 0.717) is 0 Å². The van der Waals surface area contributed by atoms with Crippen molar-refractivity contribution in [2.45, 2.75) is 81.7 Å². The number of hydrogen-bond acceptors (Lipinski definition) is 3. The van der Waals surface area contributed by atoms with Crippen molar-refractivity contribution >= 4 is 11.8 Å². The molecule has 0 unspecified atom stereocenters. The molecular weight excluding hydrogens is 412 g/mol. The molecule has 4 heteroatoms. The molecule has 3 aromatic rings. The van der Waals surface area contributed by atoms with E-state index in [1.54, 1.807) is 11.8 Å². The summed E-state index contributed by atoms with van der Waals surface area (Å²) in [6.07, 6.45) is 7.81. The van der Waals surface area contributed by atoms with Crippen LogP contribution >= 0.6 is 11.8 Å². The lowest BCUT2D eigenvalue weighted by Gasteiger charge is -2.42. The molecule has 2 aromatic carbocycles. The number of benzene rings is 2. The topological polar surface area (TPSA) is 34.9 Å². The summed E-state index contributed by atoms with van der Waals surface area (Å²) >= 11 is 1.70. The van der Waals surface area contributed by atoms with Gasteiger partial charge in [-0.15, -0.1) is 0 Å². The number of hydrogen-bond donors (Lipinski definition) is 0. The van der Waals surface area contributed by atoms with Gasteiger partial charge in [0.1, 0.15) is 0 Å². The highest BCUT2D eigenvalue weighted by atomic mass is 32.2. The Hall–Kier alpha value is -2.33. The Morgan fingerprint density at radius 3 is 2.66 bits per heavy atom. The monoisotopic (exact) mass is 444 g/mol. The average molecular weight is 445 g/mol.